The van der Waals surface area contributed by atoms with Crippen LogP contribution in [0.15, 0.2) is 48.7 Å². The van der Waals surface area contributed by atoms with Crippen molar-refractivity contribution in [1.82, 2.24) is 4.98 Å². The van der Waals surface area contributed by atoms with Crippen molar-refractivity contribution < 1.29 is 32.1 Å². The van der Waals surface area contributed by atoms with E-state index in [9.17, 15) is 13.2 Å². The second kappa shape index (κ2) is 11.1. The number of rotatable bonds is 8. The summed E-state index contributed by atoms with van der Waals surface area (Å²) in [7, 11) is 0. The molecule has 6 nitrogen and oxygen atoms in total. The summed E-state index contributed by atoms with van der Waals surface area (Å²) in [6.45, 7) is 2.02. The van der Waals surface area contributed by atoms with Crippen LogP contribution in [-0.4, -0.2) is 43.6 Å². The number of anilines is 1. The number of aromatic nitrogens is 1. The third-order valence-electron chi connectivity index (χ3n) is 5.90. The zero-order valence-electron chi connectivity index (χ0n) is 18.4. The van der Waals surface area contributed by atoms with Crippen LogP contribution in [-0.2, 0) is 9.47 Å². The van der Waals surface area contributed by atoms with Gasteiger partial charge in [0.2, 0.25) is 0 Å². The van der Waals surface area contributed by atoms with Gasteiger partial charge in [-0.25, -0.2) is 4.98 Å². The van der Waals surface area contributed by atoms with Crippen molar-refractivity contribution in [3.63, 3.8) is 0 Å². The molecule has 180 valence electrons. The molecule has 2 saturated heterocycles. The first-order valence-electron chi connectivity index (χ1n) is 11.4. The second-order valence-corrected chi connectivity index (χ2v) is 8.31. The molecule has 0 bridgehead atoms. The molecule has 4 rings (SSSR count). The van der Waals surface area contributed by atoms with Crippen LogP contribution < -0.4 is 14.4 Å². The van der Waals surface area contributed by atoms with Gasteiger partial charge in [0.15, 0.2) is 6.29 Å². The van der Waals surface area contributed by atoms with Gasteiger partial charge in [-0.1, -0.05) is 6.07 Å². The number of benzene rings is 1. The van der Waals surface area contributed by atoms with Gasteiger partial charge in [0.05, 0.1) is 6.61 Å². The number of hydrogen-bond donors (Lipinski definition) is 0. The van der Waals surface area contributed by atoms with Crippen molar-refractivity contribution in [2.45, 2.75) is 57.4 Å². The molecule has 2 aliphatic rings. The van der Waals surface area contributed by atoms with Crippen molar-refractivity contribution in [3.8, 4) is 11.5 Å². The summed E-state index contributed by atoms with van der Waals surface area (Å²) in [6, 6.07) is 11.3. The van der Waals surface area contributed by atoms with E-state index in [1.54, 1.807) is 6.20 Å². The average molecular weight is 467 g/mol. The monoisotopic (exact) mass is 466 g/mol. The largest absolute Gasteiger partial charge is 0.573 e. The Labute approximate surface area is 191 Å². The molecule has 0 spiro atoms. The molecule has 0 saturated carbocycles. The van der Waals surface area contributed by atoms with Crippen LogP contribution in [0.1, 0.15) is 38.5 Å². The zero-order chi connectivity index (χ0) is 23.1. The smallest absolute Gasteiger partial charge is 0.494 e. The van der Waals surface area contributed by atoms with Crippen LogP contribution in [0, 0.1) is 5.92 Å². The molecule has 3 atom stereocenters. The molecule has 1 aromatic heterocycles. The van der Waals surface area contributed by atoms with Gasteiger partial charge in [0, 0.05) is 19.3 Å². The van der Waals surface area contributed by atoms with Crippen LogP contribution in [0.25, 0.3) is 0 Å². The SMILES string of the molecule is FC(F)(F)Oc1ccc(OCCC2CCN(c3ccccn3)C(OC3CCCCO3)C2)cc1. The molecule has 9 heteroatoms. The van der Waals surface area contributed by atoms with E-state index in [-0.39, 0.29) is 18.3 Å². The third-order valence-corrected chi connectivity index (χ3v) is 5.90. The van der Waals surface area contributed by atoms with E-state index in [0.29, 0.717) is 18.3 Å². The average Bonchev–Trinajstić information content (AvgIpc) is 2.81. The second-order valence-electron chi connectivity index (χ2n) is 8.31. The van der Waals surface area contributed by atoms with Gasteiger partial charge >= 0.3 is 6.36 Å². The maximum atomic E-state index is 12.3. The van der Waals surface area contributed by atoms with Crippen molar-refractivity contribution in [1.29, 1.82) is 0 Å². The van der Waals surface area contributed by atoms with Crippen LogP contribution in [0.3, 0.4) is 0 Å². The lowest BCUT2D eigenvalue weighted by atomic mass is 9.92. The summed E-state index contributed by atoms with van der Waals surface area (Å²) in [5.41, 5.74) is 0. The lowest BCUT2D eigenvalue weighted by molar-refractivity contribution is -0.274. The Morgan fingerprint density at radius 1 is 1.03 bits per heavy atom. The highest BCUT2D eigenvalue weighted by molar-refractivity contribution is 5.39. The van der Waals surface area contributed by atoms with Crippen molar-refractivity contribution in [3.05, 3.63) is 48.7 Å². The van der Waals surface area contributed by atoms with E-state index in [4.69, 9.17) is 14.2 Å². The third kappa shape index (κ3) is 7.23. The highest BCUT2D eigenvalue weighted by Gasteiger charge is 2.33. The van der Waals surface area contributed by atoms with Gasteiger partial charge in [-0.15, -0.1) is 13.2 Å². The van der Waals surface area contributed by atoms with Gasteiger partial charge in [-0.05, 0) is 80.8 Å². The minimum Gasteiger partial charge on any atom is -0.494 e. The minimum absolute atomic E-state index is 0.124. The maximum absolute atomic E-state index is 12.3. The molecule has 0 radical (unpaired) electrons. The van der Waals surface area contributed by atoms with Crippen molar-refractivity contribution >= 4 is 5.82 Å². The number of nitrogens with zero attached hydrogens (tertiary/aromatic N) is 2. The quantitative estimate of drug-likeness (QED) is 0.510. The van der Waals surface area contributed by atoms with Crippen LogP contribution in [0.4, 0.5) is 19.0 Å². The number of halogens is 3. The van der Waals surface area contributed by atoms with E-state index in [0.717, 1.165) is 57.5 Å². The van der Waals surface area contributed by atoms with E-state index in [2.05, 4.69) is 14.6 Å². The fraction of sp³-hybridized carbons (Fsp3) is 0.542. The predicted octanol–water partition coefficient (Wildman–Crippen LogP) is 5.54. The molecule has 0 N–H and O–H groups in total. The summed E-state index contributed by atoms with van der Waals surface area (Å²) in [5, 5.41) is 0. The molecular weight excluding hydrogens is 437 g/mol. The van der Waals surface area contributed by atoms with Gasteiger partial charge < -0.3 is 23.8 Å². The Morgan fingerprint density at radius 3 is 2.55 bits per heavy atom. The van der Waals surface area contributed by atoms with Gasteiger partial charge in [0.1, 0.15) is 23.5 Å². The summed E-state index contributed by atoms with van der Waals surface area (Å²) < 4.78 is 58.7. The molecule has 0 amide bonds. The number of piperidine rings is 1. The molecule has 1 aromatic carbocycles. The molecule has 2 aromatic rings. The summed E-state index contributed by atoms with van der Waals surface area (Å²) in [6.07, 6.45) is 2.46. The normalized spacial score (nSPS) is 23.8. The van der Waals surface area contributed by atoms with Gasteiger partial charge in [-0.2, -0.15) is 0 Å². The fourth-order valence-corrected chi connectivity index (χ4v) is 4.25. The minimum atomic E-state index is -4.70. The Morgan fingerprint density at radius 2 is 1.85 bits per heavy atom. The fourth-order valence-electron chi connectivity index (χ4n) is 4.25. The Kier molecular flexibility index (Phi) is 7.93. The highest BCUT2D eigenvalue weighted by Crippen LogP contribution is 2.32. The van der Waals surface area contributed by atoms with Gasteiger partial charge in [0.25, 0.3) is 0 Å². The summed E-state index contributed by atoms with van der Waals surface area (Å²) >= 11 is 0. The highest BCUT2D eigenvalue weighted by atomic mass is 19.4. The lowest BCUT2D eigenvalue weighted by Crippen LogP contribution is -2.47. The van der Waals surface area contributed by atoms with E-state index >= 15 is 0 Å². The number of ether oxygens (including phenoxy) is 4. The number of alkyl halides is 3. The van der Waals surface area contributed by atoms with E-state index in [1.807, 2.05) is 18.2 Å². The molecule has 0 aliphatic carbocycles. The Balaban J connectivity index is 1.30. The van der Waals surface area contributed by atoms with Crippen LogP contribution in [0.5, 0.6) is 11.5 Å². The van der Waals surface area contributed by atoms with Gasteiger partial charge in [-0.3, -0.25) is 0 Å². The first-order chi connectivity index (χ1) is 16.0. The van der Waals surface area contributed by atoms with E-state index < -0.39 is 6.36 Å². The predicted molar refractivity (Wildman–Crippen MR) is 116 cm³/mol. The van der Waals surface area contributed by atoms with Crippen LogP contribution >= 0.6 is 0 Å². The molecule has 3 heterocycles. The maximum Gasteiger partial charge on any atom is 0.573 e. The van der Waals surface area contributed by atoms with E-state index in [1.165, 1.54) is 24.3 Å². The first-order valence-corrected chi connectivity index (χ1v) is 11.4. The first kappa shape index (κ1) is 23.6. The Hall–Kier alpha value is -2.52. The standard InChI is InChI=1S/C24H29F3N2O4/c25-24(26,27)33-20-9-7-19(8-10-20)30-16-12-18-11-14-29(21-5-1-3-13-28-21)22(17-18)32-23-6-2-4-15-31-23/h1,3,5,7-10,13,18,22-23H,2,4,6,11-12,14-17H2. The topological polar surface area (TPSA) is 53.1 Å². The number of hydrogen-bond acceptors (Lipinski definition) is 6. The molecule has 2 fully saturated rings. The van der Waals surface area contributed by atoms with Crippen LogP contribution in [0.2, 0.25) is 0 Å². The lowest BCUT2D eigenvalue weighted by Gasteiger charge is -2.41. The summed E-state index contributed by atoms with van der Waals surface area (Å²) in [5.74, 6) is 1.54. The summed E-state index contributed by atoms with van der Waals surface area (Å²) in [4.78, 5) is 6.70. The Bertz CT molecular complexity index is 845. The van der Waals surface area contributed by atoms with Crippen molar-refractivity contribution in [2.75, 3.05) is 24.7 Å². The molecule has 3 unspecified atom stereocenters. The zero-order valence-corrected chi connectivity index (χ0v) is 18.4. The van der Waals surface area contributed by atoms with Crippen molar-refractivity contribution in [2.24, 2.45) is 5.92 Å². The molecular formula is C24H29F3N2O4. The number of pyridine rings is 1. The molecule has 33 heavy (non-hydrogen) atoms. The molecule has 2 aliphatic heterocycles.